The van der Waals surface area contributed by atoms with Crippen molar-refractivity contribution >= 4 is 27.4 Å². The van der Waals surface area contributed by atoms with Crippen molar-refractivity contribution in [1.29, 1.82) is 0 Å². The number of aromatic nitrogens is 1. The van der Waals surface area contributed by atoms with E-state index < -0.39 is 10.0 Å². The standard InChI is InChI=1S/C23H31N5O4S/c1-2-28(20-6-4-3-5-7-20)33(30,31)21-8-9-22(24-18-21)26-10-12-27(13-11-26)23(29)19-25-14-16-32-17-15-25/h3-9,18H,2,10-17,19H2,1H3. The van der Waals surface area contributed by atoms with Gasteiger partial charge in [0.25, 0.3) is 10.0 Å². The Morgan fingerprint density at radius 3 is 2.30 bits per heavy atom. The van der Waals surface area contributed by atoms with Crippen molar-refractivity contribution in [2.45, 2.75) is 11.8 Å². The molecule has 0 saturated carbocycles. The molecule has 3 heterocycles. The van der Waals surface area contributed by atoms with Crippen molar-refractivity contribution in [1.82, 2.24) is 14.8 Å². The van der Waals surface area contributed by atoms with E-state index >= 15 is 0 Å². The summed E-state index contributed by atoms with van der Waals surface area (Å²) in [5.41, 5.74) is 0.627. The maximum Gasteiger partial charge on any atom is 0.265 e. The maximum atomic E-state index is 13.1. The van der Waals surface area contributed by atoms with Gasteiger partial charge in [0.15, 0.2) is 0 Å². The normalized spacial score (nSPS) is 17.7. The van der Waals surface area contributed by atoms with Crippen LogP contribution in [0.25, 0.3) is 0 Å². The van der Waals surface area contributed by atoms with Gasteiger partial charge in [-0.3, -0.25) is 14.0 Å². The molecule has 0 spiro atoms. The van der Waals surface area contributed by atoms with Crippen LogP contribution in [0.2, 0.25) is 0 Å². The van der Waals surface area contributed by atoms with Gasteiger partial charge in [0.1, 0.15) is 10.7 Å². The van der Waals surface area contributed by atoms with Crippen LogP contribution in [0.4, 0.5) is 11.5 Å². The summed E-state index contributed by atoms with van der Waals surface area (Å²) >= 11 is 0. The second-order valence-corrected chi connectivity index (χ2v) is 9.98. The lowest BCUT2D eigenvalue weighted by Crippen LogP contribution is -2.52. The highest BCUT2D eigenvalue weighted by Crippen LogP contribution is 2.24. The Labute approximate surface area is 195 Å². The van der Waals surface area contributed by atoms with E-state index in [4.69, 9.17) is 4.74 Å². The molecule has 1 amide bonds. The second-order valence-electron chi connectivity index (χ2n) is 8.11. The third kappa shape index (κ3) is 5.45. The van der Waals surface area contributed by atoms with Crippen LogP contribution >= 0.6 is 0 Å². The average Bonchev–Trinajstić information content (AvgIpc) is 2.86. The number of hydrogen-bond donors (Lipinski definition) is 0. The number of rotatable bonds is 7. The summed E-state index contributed by atoms with van der Waals surface area (Å²) in [5, 5.41) is 0. The Balaban J connectivity index is 1.36. The predicted molar refractivity (Wildman–Crippen MR) is 127 cm³/mol. The van der Waals surface area contributed by atoms with Crippen LogP contribution in [0, 0.1) is 0 Å². The van der Waals surface area contributed by atoms with Crippen molar-refractivity contribution in [3.63, 3.8) is 0 Å². The number of carbonyl (C=O) groups excluding carboxylic acids is 1. The first-order valence-corrected chi connectivity index (χ1v) is 12.8. The smallest absolute Gasteiger partial charge is 0.265 e. The summed E-state index contributed by atoms with van der Waals surface area (Å²) in [6.07, 6.45) is 1.42. The van der Waals surface area contributed by atoms with Crippen LogP contribution in [-0.2, 0) is 19.6 Å². The molecule has 2 fully saturated rings. The molecule has 0 radical (unpaired) electrons. The van der Waals surface area contributed by atoms with Crippen molar-refractivity contribution in [3.8, 4) is 0 Å². The Morgan fingerprint density at radius 2 is 1.70 bits per heavy atom. The number of amides is 1. The summed E-state index contributed by atoms with van der Waals surface area (Å²) in [6, 6.07) is 12.4. The molecule has 1 aromatic heterocycles. The Hall–Kier alpha value is -2.69. The predicted octanol–water partition coefficient (Wildman–Crippen LogP) is 1.28. The van der Waals surface area contributed by atoms with E-state index in [1.54, 1.807) is 24.3 Å². The molecule has 178 valence electrons. The number of hydrogen-bond acceptors (Lipinski definition) is 7. The van der Waals surface area contributed by atoms with Crippen molar-refractivity contribution in [2.75, 3.05) is 74.8 Å². The lowest BCUT2D eigenvalue weighted by Gasteiger charge is -2.37. The molecule has 2 aliphatic rings. The molecule has 0 bridgehead atoms. The van der Waals surface area contributed by atoms with E-state index in [1.807, 2.05) is 30.0 Å². The third-order valence-electron chi connectivity index (χ3n) is 6.06. The Morgan fingerprint density at radius 1 is 1.00 bits per heavy atom. The van der Waals surface area contributed by atoms with Crippen LogP contribution in [-0.4, -0.2) is 94.7 Å². The first-order chi connectivity index (χ1) is 16.0. The molecule has 2 saturated heterocycles. The maximum absolute atomic E-state index is 13.1. The van der Waals surface area contributed by atoms with Crippen molar-refractivity contribution in [3.05, 3.63) is 48.7 Å². The molecule has 4 rings (SSSR count). The average molecular weight is 474 g/mol. The van der Waals surface area contributed by atoms with Gasteiger partial charge in [-0.2, -0.15) is 0 Å². The Kier molecular flexibility index (Phi) is 7.46. The van der Waals surface area contributed by atoms with Gasteiger partial charge < -0.3 is 14.5 Å². The number of piperazine rings is 1. The van der Waals surface area contributed by atoms with E-state index in [2.05, 4.69) is 14.8 Å². The van der Waals surface area contributed by atoms with Gasteiger partial charge in [-0.15, -0.1) is 0 Å². The van der Waals surface area contributed by atoms with Crippen LogP contribution in [0.3, 0.4) is 0 Å². The number of para-hydroxylation sites is 1. The SMILES string of the molecule is CCN(c1ccccc1)S(=O)(=O)c1ccc(N2CCN(C(=O)CN3CCOCC3)CC2)nc1. The number of carbonyl (C=O) groups is 1. The highest BCUT2D eigenvalue weighted by molar-refractivity contribution is 7.92. The molecule has 0 aliphatic carbocycles. The van der Waals surface area contributed by atoms with Crippen LogP contribution < -0.4 is 9.21 Å². The molecular weight excluding hydrogens is 442 g/mol. The van der Waals surface area contributed by atoms with E-state index in [0.717, 1.165) is 18.9 Å². The largest absolute Gasteiger partial charge is 0.379 e. The fourth-order valence-electron chi connectivity index (χ4n) is 4.16. The number of pyridine rings is 1. The van der Waals surface area contributed by atoms with E-state index in [0.29, 0.717) is 58.2 Å². The Bertz CT molecular complexity index is 1020. The number of ether oxygens (including phenoxy) is 1. The molecule has 0 N–H and O–H groups in total. The molecule has 0 unspecified atom stereocenters. The zero-order chi connectivity index (χ0) is 23.3. The number of sulfonamides is 1. The monoisotopic (exact) mass is 473 g/mol. The molecule has 1 aromatic carbocycles. The van der Waals surface area contributed by atoms with Gasteiger partial charge in [0.2, 0.25) is 5.91 Å². The number of anilines is 2. The minimum atomic E-state index is -3.70. The molecule has 9 nitrogen and oxygen atoms in total. The topological polar surface area (TPSA) is 86.3 Å². The summed E-state index contributed by atoms with van der Waals surface area (Å²) in [6.45, 7) is 8.11. The molecule has 33 heavy (non-hydrogen) atoms. The van der Waals surface area contributed by atoms with Gasteiger partial charge in [-0.1, -0.05) is 18.2 Å². The van der Waals surface area contributed by atoms with E-state index in [-0.39, 0.29) is 10.8 Å². The van der Waals surface area contributed by atoms with E-state index in [1.165, 1.54) is 10.5 Å². The fraction of sp³-hybridized carbons (Fsp3) is 0.478. The molecule has 2 aromatic rings. The summed E-state index contributed by atoms with van der Waals surface area (Å²) in [5.74, 6) is 0.864. The van der Waals surface area contributed by atoms with Crippen molar-refractivity contribution in [2.24, 2.45) is 0 Å². The second kappa shape index (κ2) is 10.5. The zero-order valence-electron chi connectivity index (χ0n) is 19.0. The summed E-state index contributed by atoms with van der Waals surface area (Å²) in [4.78, 5) is 23.3. The van der Waals surface area contributed by atoms with Crippen LogP contribution in [0.5, 0.6) is 0 Å². The fourth-order valence-corrected chi connectivity index (χ4v) is 5.58. The highest BCUT2D eigenvalue weighted by Gasteiger charge is 2.26. The molecule has 2 aliphatic heterocycles. The summed E-state index contributed by atoms with van der Waals surface area (Å²) in [7, 11) is -3.70. The van der Waals surface area contributed by atoms with Gasteiger partial charge in [0, 0.05) is 52.0 Å². The van der Waals surface area contributed by atoms with Gasteiger partial charge in [0.05, 0.1) is 25.4 Å². The minimum absolute atomic E-state index is 0.145. The van der Waals surface area contributed by atoms with Gasteiger partial charge >= 0.3 is 0 Å². The number of morpholine rings is 1. The number of benzene rings is 1. The zero-order valence-corrected chi connectivity index (χ0v) is 19.8. The lowest BCUT2D eigenvalue weighted by molar-refractivity contribution is -0.133. The number of nitrogens with zero attached hydrogens (tertiary/aromatic N) is 5. The summed E-state index contributed by atoms with van der Waals surface area (Å²) < 4.78 is 33.0. The third-order valence-corrected chi connectivity index (χ3v) is 7.95. The van der Waals surface area contributed by atoms with E-state index in [9.17, 15) is 13.2 Å². The highest BCUT2D eigenvalue weighted by atomic mass is 32.2. The van der Waals surface area contributed by atoms with Crippen molar-refractivity contribution < 1.29 is 17.9 Å². The lowest BCUT2D eigenvalue weighted by atomic mass is 10.3. The molecule has 10 heteroatoms. The minimum Gasteiger partial charge on any atom is -0.379 e. The first-order valence-electron chi connectivity index (χ1n) is 11.4. The molecular formula is C23H31N5O4S. The van der Waals surface area contributed by atoms with Gasteiger partial charge in [-0.25, -0.2) is 13.4 Å². The van der Waals surface area contributed by atoms with Gasteiger partial charge in [-0.05, 0) is 31.2 Å². The quantitative estimate of drug-likeness (QED) is 0.599. The molecule has 0 atom stereocenters. The van der Waals surface area contributed by atoms with Crippen LogP contribution in [0.1, 0.15) is 6.92 Å². The first kappa shape index (κ1) is 23.5. The van der Waals surface area contributed by atoms with Crippen LogP contribution in [0.15, 0.2) is 53.6 Å².